The van der Waals surface area contributed by atoms with Crippen molar-refractivity contribution in [3.63, 3.8) is 0 Å². The van der Waals surface area contributed by atoms with E-state index in [1.165, 1.54) is 4.88 Å². The molecule has 1 atom stereocenters. The van der Waals surface area contributed by atoms with Crippen molar-refractivity contribution in [2.24, 2.45) is 0 Å². The topological polar surface area (TPSA) is 41.6 Å². The van der Waals surface area contributed by atoms with Crippen molar-refractivity contribution in [3.05, 3.63) is 20.8 Å². The Balaban J connectivity index is 2.01. The predicted octanol–water partition coefficient (Wildman–Crippen LogP) is 1.85. The molecule has 18 heavy (non-hydrogen) atoms. The normalized spacial score (nSPS) is 20.9. The van der Waals surface area contributed by atoms with Gasteiger partial charge in [-0.05, 0) is 35.0 Å². The molecule has 1 aromatic rings. The van der Waals surface area contributed by atoms with Gasteiger partial charge in [0.15, 0.2) is 0 Å². The number of thiophene rings is 1. The second-order valence-corrected chi connectivity index (χ2v) is 6.71. The first-order valence-electron chi connectivity index (χ1n) is 6.04. The fourth-order valence-corrected chi connectivity index (χ4v) is 3.51. The third-order valence-corrected chi connectivity index (χ3v) is 4.49. The highest BCUT2D eigenvalue weighted by molar-refractivity contribution is 9.11. The summed E-state index contributed by atoms with van der Waals surface area (Å²) in [5.74, 6) is 0.0628. The summed E-state index contributed by atoms with van der Waals surface area (Å²) in [6, 6.07) is 3.97. The summed E-state index contributed by atoms with van der Waals surface area (Å²) in [6.07, 6.45) is 0. The molecule has 100 valence electrons. The van der Waals surface area contributed by atoms with E-state index >= 15 is 0 Å². The van der Waals surface area contributed by atoms with E-state index < -0.39 is 0 Å². The second-order valence-electron chi connectivity index (χ2n) is 4.16. The van der Waals surface area contributed by atoms with Crippen molar-refractivity contribution in [2.75, 3.05) is 26.3 Å². The number of likely N-dealkylation sites (N-methyl/N-ethyl adjacent to an activating group) is 1. The minimum absolute atomic E-state index is 0.0628. The van der Waals surface area contributed by atoms with Gasteiger partial charge >= 0.3 is 0 Å². The van der Waals surface area contributed by atoms with Crippen LogP contribution in [0.5, 0.6) is 0 Å². The van der Waals surface area contributed by atoms with Gasteiger partial charge in [-0.3, -0.25) is 9.69 Å². The number of morpholine rings is 1. The summed E-state index contributed by atoms with van der Waals surface area (Å²) < 4.78 is 6.54. The van der Waals surface area contributed by atoms with E-state index in [0.29, 0.717) is 19.8 Å². The number of carbonyl (C=O) groups excluding carboxylic acids is 1. The maximum atomic E-state index is 12.0. The molecule has 2 heterocycles. The maximum Gasteiger partial charge on any atom is 0.239 e. The van der Waals surface area contributed by atoms with Gasteiger partial charge in [0.1, 0.15) is 6.04 Å². The molecule has 1 saturated heterocycles. The average Bonchev–Trinajstić information content (AvgIpc) is 2.76. The highest BCUT2D eigenvalue weighted by Crippen LogP contribution is 2.24. The molecule has 0 aliphatic carbocycles. The Morgan fingerprint density at radius 2 is 2.50 bits per heavy atom. The van der Waals surface area contributed by atoms with E-state index in [9.17, 15) is 4.79 Å². The Labute approximate surface area is 119 Å². The van der Waals surface area contributed by atoms with Crippen molar-refractivity contribution in [1.29, 1.82) is 0 Å². The first kappa shape index (κ1) is 14.0. The molecule has 1 unspecified atom stereocenters. The molecule has 4 nitrogen and oxygen atoms in total. The lowest BCUT2D eigenvalue weighted by Gasteiger charge is -2.34. The molecule has 0 radical (unpaired) electrons. The Bertz CT molecular complexity index is 411. The number of hydrogen-bond acceptors (Lipinski definition) is 4. The van der Waals surface area contributed by atoms with Gasteiger partial charge in [0.2, 0.25) is 5.91 Å². The Morgan fingerprint density at radius 3 is 3.17 bits per heavy atom. The van der Waals surface area contributed by atoms with Crippen LogP contribution in [0.1, 0.15) is 11.8 Å². The first-order valence-corrected chi connectivity index (χ1v) is 7.65. The quantitative estimate of drug-likeness (QED) is 0.914. The fraction of sp³-hybridized carbons (Fsp3) is 0.583. The van der Waals surface area contributed by atoms with Gasteiger partial charge in [0, 0.05) is 24.5 Å². The van der Waals surface area contributed by atoms with E-state index in [2.05, 4.69) is 32.2 Å². The van der Waals surface area contributed by atoms with Crippen molar-refractivity contribution in [3.8, 4) is 0 Å². The summed E-state index contributed by atoms with van der Waals surface area (Å²) >= 11 is 5.17. The van der Waals surface area contributed by atoms with Crippen LogP contribution in [0.3, 0.4) is 0 Å². The highest BCUT2D eigenvalue weighted by atomic mass is 79.9. The van der Waals surface area contributed by atoms with Gasteiger partial charge in [-0.1, -0.05) is 0 Å². The number of halogens is 1. The van der Waals surface area contributed by atoms with E-state index in [0.717, 1.165) is 16.9 Å². The molecule has 1 N–H and O–H groups in total. The van der Waals surface area contributed by atoms with Crippen LogP contribution in [-0.4, -0.2) is 43.2 Å². The summed E-state index contributed by atoms with van der Waals surface area (Å²) in [5.41, 5.74) is 0. The van der Waals surface area contributed by atoms with Crippen LogP contribution >= 0.6 is 27.3 Å². The third kappa shape index (κ3) is 3.54. The van der Waals surface area contributed by atoms with Gasteiger partial charge in [-0.15, -0.1) is 11.3 Å². The minimum Gasteiger partial charge on any atom is -0.378 e. The largest absolute Gasteiger partial charge is 0.378 e. The van der Waals surface area contributed by atoms with Crippen LogP contribution in [0.25, 0.3) is 0 Å². The van der Waals surface area contributed by atoms with Crippen molar-refractivity contribution in [1.82, 2.24) is 10.2 Å². The number of nitrogens with one attached hydrogen (secondary N) is 1. The zero-order chi connectivity index (χ0) is 13.0. The summed E-state index contributed by atoms with van der Waals surface area (Å²) in [4.78, 5) is 15.4. The molecule has 2 rings (SSSR count). The molecule has 0 spiro atoms. The molecular formula is C12H17BrN2O2S. The highest BCUT2D eigenvalue weighted by Gasteiger charge is 2.29. The van der Waals surface area contributed by atoms with E-state index in [1.54, 1.807) is 11.3 Å². The van der Waals surface area contributed by atoms with Crippen molar-refractivity contribution in [2.45, 2.75) is 19.5 Å². The molecule has 1 amide bonds. The van der Waals surface area contributed by atoms with Gasteiger partial charge < -0.3 is 10.1 Å². The summed E-state index contributed by atoms with van der Waals surface area (Å²) in [5, 5.41) is 2.87. The van der Waals surface area contributed by atoms with Crippen LogP contribution < -0.4 is 5.32 Å². The van der Waals surface area contributed by atoms with Gasteiger partial charge in [0.25, 0.3) is 0 Å². The Morgan fingerprint density at radius 1 is 1.67 bits per heavy atom. The number of hydrogen-bond donors (Lipinski definition) is 1. The second kappa shape index (κ2) is 6.65. The zero-order valence-corrected chi connectivity index (χ0v) is 12.7. The minimum atomic E-state index is -0.167. The number of carbonyl (C=O) groups is 1. The molecular weight excluding hydrogens is 316 g/mol. The first-order chi connectivity index (χ1) is 8.70. The van der Waals surface area contributed by atoms with Crippen LogP contribution in [0.4, 0.5) is 0 Å². The molecule has 1 fully saturated rings. The SMILES string of the molecule is CCNC(=O)C1COCCN1Cc1ccc(Br)s1. The van der Waals surface area contributed by atoms with Crippen molar-refractivity contribution >= 4 is 33.2 Å². The Hall–Kier alpha value is -0.430. The van der Waals surface area contributed by atoms with Crippen LogP contribution in [0.15, 0.2) is 15.9 Å². The van der Waals surface area contributed by atoms with Crippen LogP contribution in [0.2, 0.25) is 0 Å². The van der Waals surface area contributed by atoms with Crippen molar-refractivity contribution < 1.29 is 9.53 Å². The van der Waals surface area contributed by atoms with Crippen LogP contribution in [0, 0.1) is 0 Å². The molecule has 0 saturated carbocycles. The Kier molecular flexibility index (Phi) is 5.17. The smallest absolute Gasteiger partial charge is 0.239 e. The van der Waals surface area contributed by atoms with E-state index in [-0.39, 0.29) is 11.9 Å². The molecule has 0 bridgehead atoms. The number of rotatable bonds is 4. The van der Waals surface area contributed by atoms with Crippen LogP contribution in [-0.2, 0) is 16.1 Å². The zero-order valence-electron chi connectivity index (χ0n) is 10.3. The monoisotopic (exact) mass is 332 g/mol. The average molecular weight is 333 g/mol. The number of ether oxygens (including phenoxy) is 1. The summed E-state index contributed by atoms with van der Waals surface area (Å²) in [7, 11) is 0. The molecule has 1 aliphatic rings. The lowest BCUT2D eigenvalue weighted by molar-refractivity contribution is -0.132. The summed E-state index contributed by atoms with van der Waals surface area (Å²) in [6.45, 7) is 5.38. The van der Waals surface area contributed by atoms with E-state index in [1.807, 2.05) is 13.0 Å². The number of nitrogens with zero attached hydrogens (tertiary/aromatic N) is 1. The standard InChI is InChI=1S/C12H17BrN2O2S/c1-2-14-12(16)10-8-17-6-5-15(10)7-9-3-4-11(13)18-9/h3-4,10H,2,5-8H2,1H3,(H,14,16). The third-order valence-electron chi connectivity index (χ3n) is 2.88. The lowest BCUT2D eigenvalue weighted by Crippen LogP contribution is -2.53. The molecule has 1 aliphatic heterocycles. The van der Waals surface area contributed by atoms with E-state index in [4.69, 9.17) is 4.74 Å². The lowest BCUT2D eigenvalue weighted by atomic mass is 10.2. The fourth-order valence-electron chi connectivity index (χ4n) is 2.00. The molecule has 0 aromatic carbocycles. The van der Waals surface area contributed by atoms with Gasteiger partial charge in [-0.2, -0.15) is 0 Å². The number of amides is 1. The maximum absolute atomic E-state index is 12.0. The van der Waals surface area contributed by atoms with Gasteiger partial charge in [-0.25, -0.2) is 0 Å². The van der Waals surface area contributed by atoms with Gasteiger partial charge in [0.05, 0.1) is 17.0 Å². The molecule has 1 aromatic heterocycles. The predicted molar refractivity (Wildman–Crippen MR) is 75.7 cm³/mol. The molecule has 6 heteroatoms.